The zero-order valence-electron chi connectivity index (χ0n) is 12.1. The molecule has 0 aliphatic rings. The molecule has 0 aliphatic heterocycles. The lowest BCUT2D eigenvalue weighted by atomic mass is 10.2. The van der Waals surface area contributed by atoms with Crippen molar-refractivity contribution in [2.45, 2.75) is 32.1 Å². The highest BCUT2D eigenvalue weighted by Crippen LogP contribution is 2.07. The highest BCUT2D eigenvalue weighted by Gasteiger charge is 2.20. The highest BCUT2D eigenvalue weighted by atomic mass is 32.2. The lowest BCUT2D eigenvalue weighted by molar-refractivity contribution is -0.122. The van der Waals surface area contributed by atoms with Gasteiger partial charge in [0.05, 0.1) is 23.4 Å². The van der Waals surface area contributed by atoms with Crippen LogP contribution in [0, 0.1) is 11.3 Å². The number of nitrogens with zero attached hydrogens (tertiary/aromatic N) is 1. The second-order valence-corrected chi connectivity index (χ2v) is 6.45. The van der Waals surface area contributed by atoms with E-state index in [1.54, 1.807) is 24.3 Å². The van der Waals surface area contributed by atoms with Gasteiger partial charge in [0.1, 0.15) is 0 Å². The van der Waals surface area contributed by atoms with E-state index in [9.17, 15) is 13.2 Å². The zero-order valence-corrected chi connectivity index (χ0v) is 12.9. The number of hydrogen-bond acceptors (Lipinski definition) is 4. The summed E-state index contributed by atoms with van der Waals surface area (Å²) in [5.41, 5.74) is 1.03. The van der Waals surface area contributed by atoms with E-state index in [2.05, 4.69) is 10.0 Å². The molecule has 1 aromatic rings. The molecule has 0 spiro atoms. The number of carbonyl (C=O) groups excluding carboxylic acids is 1. The molecule has 0 saturated heterocycles. The monoisotopic (exact) mass is 309 g/mol. The molecule has 7 heteroatoms. The highest BCUT2D eigenvalue weighted by molar-refractivity contribution is 7.88. The van der Waals surface area contributed by atoms with E-state index in [0.717, 1.165) is 6.42 Å². The summed E-state index contributed by atoms with van der Waals surface area (Å²) in [6.07, 6.45) is 0.788. The van der Waals surface area contributed by atoms with E-state index in [1.165, 1.54) is 6.92 Å². The van der Waals surface area contributed by atoms with Crippen molar-refractivity contribution in [3.63, 3.8) is 0 Å². The molecule has 1 unspecified atom stereocenters. The lowest BCUT2D eigenvalue weighted by Gasteiger charge is -2.14. The Balaban J connectivity index is 2.64. The number of amides is 1. The Morgan fingerprint density at radius 3 is 2.48 bits per heavy atom. The van der Waals surface area contributed by atoms with Gasteiger partial charge in [-0.25, -0.2) is 13.1 Å². The number of hydrogen-bond donors (Lipinski definition) is 2. The van der Waals surface area contributed by atoms with E-state index in [4.69, 9.17) is 5.26 Å². The smallest absolute Gasteiger partial charge is 0.237 e. The minimum absolute atomic E-state index is 0.232. The van der Waals surface area contributed by atoms with Crippen molar-refractivity contribution in [3.8, 4) is 6.07 Å². The molecule has 1 aromatic carbocycles. The Labute approximate surface area is 125 Å². The standard InChI is InChI=1S/C14H19N3O3S/c1-3-8-16-14(18)11(2)17-21(19,20)10-13-6-4-12(9-15)5-7-13/h4-7,11,17H,3,8,10H2,1-2H3,(H,16,18). The van der Waals surface area contributed by atoms with Gasteiger partial charge in [0.15, 0.2) is 0 Å². The number of nitriles is 1. The van der Waals surface area contributed by atoms with Gasteiger partial charge >= 0.3 is 0 Å². The lowest BCUT2D eigenvalue weighted by Crippen LogP contribution is -2.45. The summed E-state index contributed by atoms with van der Waals surface area (Å²) >= 11 is 0. The van der Waals surface area contributed by atoms with Crippen LogP contribution in [0.1, 0.15) is 31.4 Å². The fourth-order valence-electron chi connectivity index (χ4n) is 1.66. The topological polar surface area (TPSA) is 99.1 Å². The maximum atomic E-state index is 12.0. The summed E-state index contributed by atoms with van der Waals surface area (Å²) in [6, 6.07) is 7.43. The van der Waals surface area contributed by atoms with E-state index in [1.807, 2.05) is 13.0 Å². The van der Waals surface area contributed by atoms with Gasteiger partial charge in [0.25, 0.3) is 0 Å². The molecule has 0 saturated carbocycles. The number of sulfonamides is 1. The molecular formula is C14H19N3O3S. The van der Waals surface area contributed by atoms with E-state index in [0.29, 0.717) is 17.7 Å². The van der Waals surface area contributed by atoms with Gasteiger partial charge < -0.3 is 5.32 Å². The Morgan fingerprint density at radius 2 is 1.95 bits per heavy atom. The van der Waals surface area contributed by atoms with Crippen LogP contribution in [-0.2, 0) is 20.6 Å². The quantitative estimate of drug-likeness (QED) is 0.781. The normalized spacial score (nSPS) is 12.4. The molecule has 2 N–H and O–H groups in total. The van der Waals surface area contributed by atoms with Gasteiger partial charge in [-0.2, -0.15) is 5.26 Å². The molecule has 6 nitrogen and oxygen atoms in total. The molecule has 1 amide bonds. The second kappa shape index (κ2) is 7.76. The molecule has 21 heavy (non-hydrogen) atoms. The minimum atomic E-state index is -3.62. The van der Waals surface area contributed by atoms with Crippen LogP contribution in [0.5, 0.6) is 0 Å². The first-order valence-electron chi connectivity index (χ1n) is 6.64. The summed E-state index contributed by atoms with van der Waals surface area (Å²) in [4.78, 5) is 11.6. The van der Waals surface area contributed by atoms with E-state index in [-0.39, 0.29) is 11.7 Å². The van der Waals surface area contributed by atoms with Crippen LogP contribution >= 0.6 is 0 Å². The average molecular weight is 309 g/mol. The van der Waals surface area contributed by atoms with Crippen molar-refractivity contribution >= 4 is 15.9 Å². The molecule has 1 rings (SSSR count). The second-order valence-electron chi connectivity index (χ2n) is 4.70. The summed E-state index contributed by atoms with van der Waals surface area (Å²) in [5.74, 6) is -0.579. The van der Waals surface area contributed by atoms with Gasteiger partial charge in [-0.1, -0.05) is 19.1 Å². The first-order valence-corrected chi connectivity index (χ1v) is 8.30. The van der Waals surface area contributed by atoms with Crippen molar-refractivity contribution in [3.05, 3.63) is 35.4 Å². The van der Waals surface area contributed by atoms with Crippen molar-refractivity contribution in [2.24, 2.45) is 0 Å². The van der Waals surface area contributed by atoms with Crippen LogP contribution in [0.15, 0.2) is 24.3 Å². The fraction of sp³-hybridized carbons (Fsp3) is 0.429. The summed E-state index contributed by atoms with van der Waals surface area (Å²) < 4.78 is 26.3. The van der Waals surface area contributed by atoms with Crippen LogP contribution in [0.2, 0.25) is 0 Å². The fourth-order valence-corrected chi connectivity index (χ4v) is 3.02. The summed E-state index contributed by atoms with van der Waals surface area (Å²) in [5, 5.41) is 11.3. The molecule has 0 bridgehead atoms. The average Bonchev–Trinajstić information content (AvgIpc) is 2.44. The maximum Gasteiger partial charge on any atom is 0.237 e. The predicted octanol–water partition coefficient (Wildman–Crippen LogP) is 0.892. The van der Waals surface area contributed by atoms with Gasteiger partial charge in [-0.3, -0.25) is 4.79 Å². The third kappa shape index (κ3) is 5.94. The van der Waals surface area contributed by atoms with E-state index >= 15 is 0 Å². The SMILES string of the molecule is CCCNC(=O)C(C)NS(=O)(=O)Cc1ccc(C#N)cc1. The van der Waals surface area contributed by atoms with Gasteiger partial charge in [0.2, 0.25) is 15.9 Å². The molecule has 0 fully saturated rings. The number of benzene rings is 1. The maximum absolute atomic E-state index is 12.0. The molecule has 0 radical (unpaired) electrons. The van der Waals surface area contributed by atoms with E-state index < -0.39 is 16.1 Å². The van der Waals surface area contributed by atoms with Crippen LogP contribution in [0.3, 0.4) is 0 Å². The molecule has 0 heterocycles. The summed E-state index contributed by atoms with van der Waals surface area (Å²) in [6.45, 7) is 3.93. The van der Waals surface area contributed by atoms with Crippen LogP contribution in [0.25, 0.3) is 0 Å². The third-order valence-electron chi connectivity index (χ3n) is 2.74. The third-order valence-corrected chi connectivity index (χ3v) is 4.16. The molecule has 0 aliphatic carbocycles. The van der Waals surface area contributed by atoms with Crippen LogP contribution < -0.4 is 10.0 Å². The van der Waals surface area contributed by atoms with Gasteiger partial charge in [-0.05, 0) is 31.0 Å². The van der Waals surface area contributed by atoms with Gasteiger partial charge in [0, 0.05) is 6.54 Å². The molecule has 0 aromatic heterocycles. The first-order chi connectivity index (χ1) is 9.88. The van der Waals surface area contributed by atoms with Crippen molar-refractivity contribution < 1.29 is 13.2 Å². The van der Waals surface area contributed by atoms with Crippen LogP contribution in [-0.4, -0.2) is 26.9 Å². The number of rotatable bonds is 7. The Kier molecular flexibility index (Phi) is 6.34. The molecular weight excluding hydrogens is 290 g/mol. The number of carbonyl (C=O) groups is 1. The zero-order chi connectivity index (χ0) is 15.9. The Morgan fingerprint density at radius 1 is 1.33 bits per heavy atom. The largest absolute Gasteiger partial charge is 0.355 e. The van der Waals surface area contributed by atoms with Crippen molar-refractivity contribution in [1.29, 1.82) is 5.26 Å². The molecule has 114 valence electrons. The molecule has 1 atom stereocenters. The van der Waals surface area contributed by atoms with Crippen molar-refractivity contribution in [2.75, 3.05) is 6.54 Å². The van der Waals surface area contributed by atoms with Crippen molar-refractivity contribution in [1.82, 2.24) is 10.0 Å². The van der Waals surface area contributed by atoms with Crippen LogP contribution in [0.4, 0.5) is 0 Å². The number of nitrogens with one attached hydrogen (secondary N) is 2. The minimum Gasteiger partial charge on any atom is -0.355 e. The Hall–Kier alpha value is -1.91. The van der Waals surface area contributed by atoms with Gasteiger partial charge in [-0.15, -0.1) is 0 Å². The predicted molar refractivity (Wildman–Crippen MR) is 79.7 cm³/mol. The summed E-state index contributed by atoms with van der Waals surface area (Å²) in [7, 11) is -3.62. The first kappa shape index (κ1) is 17.1. The Bertz CT molecular complexity index is 618.